The van der Waals surface area contributed by atoms with E-state index in [1.54, 1.807) is 21.7 Å². The summed E-state index contributed by atoms with van der Waals surface area (Å²) in [4.78, 5) is 33.6. The molecule has 12 heteroatoms. The monoisotopic (exact) mass is 460 g/mol. The highest BCUT2D eigenvalue weighted by Crippen LogP contribution is 2.48. The summed E-state index contributed by atoms with van der Waals surface area (Å²) in [6.45, 7) is 2.51. The zero-order chi connectivity index (χ0) is 23.5. The van der Waals surface area contributed by atoms with Crippen LogP contribution in [0, 0.1) is 15.5 Å². The summed E-state index contributed by atoms with van der Waals surface area (Å²) in [5.74, 6) is 0.838. The lowest BCUT2D eigenvalue weighted by molar-refractivity contribution is -0.385. The maximum absolute atomic E-state index is 13.2. The second kappa shape index (κ2) is 7.15. The predicted octanol–water partition coefficient (Wildman–Crippen LogP) is 3.91. The summed E-state index contributed by atoms with van der Waals surface area (Å²) < 4.78 is 41.4. The highest BCUT2D eigenvalue weighted by molar-refractivity contribution is 5.85. The number of alkyl halides is 3. The molecule has 9 nitrogen and oxygen atoms in total. The summed E-state index contributed by atoms with van der Waals surface area (Å²) in [5.41, 5.74) is -0.407. The third-order valence-electron chi connectivity index (χ3n) is 6.23. The smallest absolute Gasteiger partial charge is 0.366 e. The van der Waals surface area contributed by atoms with Crippen LogP contribution < -0.4 is 5.32 Å². The van der Waals surface area contributed by atoms with E-state index in [-0.39, 0.29) is 23.4 Å². The highest BCUT2D eigenvalue weighted by Gasteiger charge is 2.48. The van der Waals surface area contributed by atoms with Crippen LogP contribution in [-0.4, -0.2) is 30.1 Å². The molecule has 3 heterocycles. The highest BCUT2D eigenvalue weighted by atomic mass is 19.4. The zero-order valence-corrected chi connectivity index (χ0v) is 17.5. The van der Waals surface area contributed by atoms with E-state index in [4.69, 9.17) is 0 Å². The number of nitro groups is 1. The van der Waals surface area contributed by atoms with Crippen LogP contribution in [0.5, 0.6) is 0 Å². The Labute approximate surface area is 185 Å². The molecule has 1 aliphatic heterocycles. The normalized spacial score (nSPS) is 16.7. The lowest BCUT2D eigenvalue weighted by atomic mass is 10.1. The van der Waals surface area contributed by atoms with Crippen molar-refractivity contribution in [2.24, 2.45) is 5.41 Å². The number of amides is 1. The van der Waals surface area contributed by atoms with Crippen molar-refractivity contribution in [3.8, 4) is 0 Å². The van der Waals surface area contributed by atoms with Gasteiger partial charge in [-0.25, -0.2) is 4.98 Å². The van der Waals surface area contributed by atoms with E-state index in [1.165, 1.54) is 0 Å². The van der Waals surface area contributed by atoms with E-state index in [2.05, 4.69) is 15.3 Å². The van der Waals surface area contributed by atoms with Crippen LogP contribution in [0.1, 0.15) is 42.1 Å². The minimum atomic E-state index is -4.71. The number of hydrogen-bond acceptors (Lipinski definition) is 6. The van der Waals surface area contributed by atoms with Crippen molar-refractivity contribution in [2.75, 3.05) is 5.32 Å². The minimum Gasteiger partial charge on any atom is -0.366 e. The second-order valence-electron chi connectivity index (χ2n) is 8.70. The number of non-ortho nitro benzene ring substituents is 1. The predicted molar refractivity (Wildman–Crippen MR) is 110 cm³/mol. The van der Waals surface area contributed by atoms with E-state index in [0.29, 0.717) is 30.8 Å². The average Bonchev–Trinajstić information content (AvgIpc) is 3.15. The van der Waals surface area contributed by atoms with E-state index in [0.717, 1.165) is 36.2 Å². The maximum Gasteiger partial charge on any atom is 0.416 e. The van der Waals surface area contributed by atoms with Crippen LogP contribution >= 0.6 is 0 Å². The summed E-state index contributed by atoms with van der Waals surface area (Å²) in [6.07, 6.45) is 0.297. The molecule has 0 unspecified atom stereocenters. The molecular formula is C21H19F3N6O3. The summed E-state index contributed by atoms with van der Waals surface area (Å²) in [6, 6.07) is 2.48. The third-order valence-corrected chi connectivity index (χ3v) is 6.23. The van der Waals surface area contributed by atoms with Crippen LogP contribution in [0.4, 0.5) is 24.7 Å². The molecule has 33 heavy (non-hydrogen) atoms. The van der Waals surface area contributed by atoms with Gasteiger partial charge in [0.05, 0.1) is 29.3 Å². The first-order valence-corrected chi connectivity index (χ1v) is 10.3. The number of carbonyl (C=O) groups excluding carboxylic acids is 1. The van der Waals surface area contributed by atoms with Crippen molar-refractivity contribution in [3.05, 3.63) is 63.1 Å². The van der Waals surface area contributed by atoms with Gasteiger partial charge in [-0.2, -0.15) is 18.2 Å². The topological polar surface area (TPSA) is 106 Å². The fourth-order valence-electron chi connectivity index (χ4n) is 4.11. The van der Waals surface area contributed by atoms with Crippen LogP contribution in [0.3, 0.4) is 0 Å². The summed E-state index contributed by atoms with van der Waals surface area (Å²) in [7, 11) is 0. The van der Waals surface area contributed by atoms with Crippen LogP contribution in [0.15, 0.2) is 30.6 Å². The molecule has 1 N–H and O–H groups in total. The fraction of sp³-hybridized carbons (Fsp3) is 0.381. The quantitative estimate of drug-likeness (QED) is 0.457. The molecule has 3 aromatic rings. The van der Waals surface area contributed by atoms with Gasteiger partial charge in [0.15, 0.2) is 0 Å². The Morgan fingerprint density at radius 2 is 2.03 bits per heavy atom. The van der Waals surface area contributed by atoms with Crippen molar-refractivity contribution in [2.45, 2.75) is 45.6 Å². The second-order valence-corrected chi connectivity index (χ2v) is 8.70. The molecule has 1 aromatic carbocycles. The Bertz CT molecular complexity index is 1300. The number of benzene rings is 1. The van der Waals surface area contributed by atoms with Gasteiger partial charge < -0.3 is 10.2 Å². The van der Waals surface area contributed by atoms with Gasteiger partial charge in [-0.3, -0.25) is 19.3 Å². The van der Waals surface area contributed by atoms with Crippen LogP contribution in [-0.2, 0) is 30.6 Å². The van der Waals surface area contributed by atoms with Crippen LogP contribution in [0.2, 0.25) is 0 Å². The number of fused-ring (bicyclic) bond motifs is 3. The number of imidazole rings is 1. The molecule has 1 saturated carbocycles. The van der Waals surface area contributed by atoms with E-state index >= 15 is 0 Å². The van der Waals surface area contributed by atoms with Gasteiger partial charge in [0.1, 0.15) is 5.82 Å². The van der Waals surface area contributed by atoms with Gasteiger partial charge >= 0.3 is 6.18 Å². The van der Waals surface area contributed by atoms with Crippen LogP contribution in [0.25, 0.3) is 5.78 Å². The molecular weight excluding hydrogens is 441 g/mol. The first kappa shape index (κ1) is 21.2. The lowest BCUT2D eigenvalue weighted by Gasteiger charge is -2.19. The van der Waals surface area contributed by atoms with Gasteiger partial charge in [-0.1, -0.05) is 6.92 Å². The number of halogens is 3. The molecule has 0 atom stereocenters. The summed E-state index contributed by atoms with van der Waals surface area (Å²) in [5, 5.41) is 14.1. The molecule has 5 rings (SSSR count). The third kappa shape index (κ3) is 3.74. The minimum absolute atomic E-state index is 0.0615. The van der Waals surface area contributed by atoms with Crippen molar-refractivity contribution in [1.82, 2.24) is 19.3 Å². The number of carbonyl (C=O) groups is 1. The number of nitrogens with one attached hydrogen (secondary N) is 1. The maximum atomic E-state index is 13.2. The van der Waals surface area contributed by atoms with Gasteiger partial charge in [-0.05, 0) is 24.5 Å². The first-order chi connectivity index (χ1) is 15.5. The van der Waals surface area contributed by atoms with Crippen molar-refractivity contribution in [1.29, 1.82) is 0 Å². The molecule has 0 radical (unpaired) electrons. The number of aromatic nitrogens is 3. The van der Waals surface area contributed by atoms with Crippen molar-refractivity contribution >= 4 is 23.2 Å². The molecule has 2 aromatic heterocycles. The Morgan fingerprint density at radius 3 is 2.70 bits per heavy atom. The zero-order valence-electron chi connectivity index (χ0n) is 17.5. The van der Waals surface area contributed by atoms with E-state index < -0.39 is 22.4 Å². The molecule has 0 spiro atoms. The Balaban J connectivity index is 1.46. The Hall–Kier alpha value is -3.70. The average molecular weight is 460 g/mol. The molecule has 1 amide bonds. The molecule has 2 aliphatic rings. The van der Waals surface area contributed by atoms with Gasteiger partial charge in [0.25, 0.3) is 5.69 Å². The molecule has 1 fully saturated rings. The molecule has 1 aliphatic carbocycles. The fourth-order valence-corrected chi connectivity index (χ4v) is 4.11. The van der Waals surface area contributed by atoms with E-state index in [1.807, 2.05) is 6.92 Å². The Kier molecular flexibility index (Phi) is 4.59. The van der Waals surface area contributed by atoms with Gasteiger partial charge in [0, 0.05) is 42.0 Å². The molecule has 0 bridgehead atoms. The number of nitrogens with zero attached hydrogens (tertiary/aromatic N) is 5. The van der Waals surface area contributed by atoms with Gasteiger partial charge in [-0.15, -0.1) is 0 Å². The number of nitro benzene ring substituents is 1. The van der Waals surface area contributed by atoms with E-state index in [9.17, 15) is 28.1 Å². The first-order valence-electron chi connectivity index (χ1n) is 10.3. The van der Waals surface area contributed by atoms with Crippen molar-refractivity contribution in [3.63, 3.8) is 0 Å². The molecule has 172 valence electrons. The largest absolute Gasteiger partial charge is 0.416 e. The molecule has 0 saturated heterocycles. The number of rotatable bonds is 5. The SMILES string of the molecule is CC1(C(=O)N2Cc3c(NCc4cc([N+](=O)[O-])cc(C(F)(F)F)c4)nc4nccn4c3C2)CC1. The Morgan fingerprint density at radius 1 is 1.27 bits per heavy atom. The van der Waals surface area contributed by atoms with Gasteiger partial charge in [0.2, 0.25) is 11.7 Å². The lowest BCUT2D eigenvalue weighted by Crippen LogP contribution is -2.31. The number of hydrogen-bond donors (Lipinski definition) is 1. The number of anilines is 1. The van der Waals surface area contributed by atoms with Crippen molar-refractivity contribution < 1.29 is 22.9 Å². The standard InChI is InChI=1S/C21H19F3N6O3/c1-20(2-3-20)18(31)28-10-15-16(11-28)29-5-4-25-19(29)27-17(15)26-9-12-6-13(21(22,23)24)8-14(7-12)30(32)33/h4-8H,2-3,9-11H2,1H3,(H,25,26,27). The summed E-state index contributed by atoms with van der Waals surface area (Å²) >= 11 is 0.